The highest BCUT2D eigenvalue weighted by atomic mass is 15.1. The molecule has 0 radical (unpaired) electrons. The third kappa shape index (κ3) is 3.24. The number of benzene rings is 1. The molecule has 102 valence electrons. The third-order valence-electron chi connectivity index (χ3n) is 3.48. The van der Waals surface area contributed by atoms with Crippen LogP contribution in [0.1, 0.15) is 38.4 Å². The fourth-order valence-corrected chi connectivity index (χ4v) is 2.66. The van der Waals surface area contributed by atoms with Crippen molar-refractivity contribution in [1.29, 1.82) is 0 Å². The van der Waals surface area contributed by atoms with Gasteiger partial charge in [-0.15, -0.1) is 0 Å². The smallest absolute Gasteiger partial charge is 0.0949 e. The molecule has 1 aromatic carbocycles. The summed E-state index contributed by atoms with van der Waals surface area (Å²) in [6.07, 6.45) is 5.82. The monoisotopic (exact) mass is 257 g/mol. The highest BCUT2D eigenvalue weighted by Crippen LogP contribution is 2.32. The van der Waals surface area contributed by atoms with Crippen molar-refractivity contribution in [3.63, 3.8) is 0 Å². The second-order valence-corrected chi connectivity index (χ2v) is 5.19. The van der Waals surface area contributed by atoms with Gasteiger partial charge in [0, 0.05) is 12.4 Å². The van der Waals surface area contributed by atoms with E-state index in [0.717, 1.165) is 6.54 Å². The second-order valence-electron chi connectivity index (χ2n) is 5.19. The molecule has 1 heterocycles. The van der Waals surface area contributed by atoms with Crippen molar-refractivity contribution in [2.45, 2.75) is 32.9 Å². The quantitative estimate of drug-likeness (QED) is 0.859. The number of likely N-dealkylation sites (N-methyl/N-ethyl adjacent to an activating group) is 1. The van der Waals surface area contributed by atoms with Crippen molar-refractivity contribution in [3.8, 4) is 0 Å². The van der Waals surface area contributed by atoms with Crippen LogP contribution in [-0.2, 0) is 0 Å². The van der Waals surface area contributed by atoms with Crippen LogP contribution < -0.4 is 5.32 Å². The average Bonchev–Trinajstić information content (AvgIpc) is 2.92. The largest absolute Gasteiger partial charge is 0.332 e. The first-order chi connectivity index (χ1) is 9.24. The van der Waals surface area contributed by atoms with Crippen molar-refractivity contribution < 1.29 is 0 Å². The van der Waals surface area contributed by atoms with E-state index in [2.05, 4.69) is 72.2 Å². The van der Waals surface area contributed by atoms with Crippen molar-refractivity contribution >= 4 is 0 Å². The van der Waals surface area contributed by atoms with Crippen LogP contribution in [-0.4, -0.2) is 16.1 Å². The molecule has 1 aromatic heterocycles. The fraction of sp³-hybridized carbons (Fsp3) is 0.438. The third-order valence-corrected chi connectivity index (χ3v) is 3.48. The maximum absolute atomic E-state index is 4.20. The zero-order valence-corrected chi connectivity index (χ0v) is 12.0. The lowest BCUT2D eigenvalue weighted by molar-refractivity contribution is 0.281. The van der Waals surface area contributed by atoms with Crippen molar-refractivity contribution in [3.05, 3.63) is 54.6 Å². The van der Waals surface area contributed by atoms with Crippen LogP contribution >= 0.6 is 0 Å². The average molecular weight is 257 g/mol. The van der Waals surface area contributed by atoms with Gasteiger partial charge in [0.15, 0.2) is 0 Å². The Kier molecular flexibility index (Phi) is 4.74. The molecule has 0 spiro atoms. The molecule has 0 saturated carbocycles. The summed E-state index contributed by atoms with van der Waals surface area (Å²) >= 11 is 0. The molecule has 3 heteroatoms. The van der Waals surface area contributed by atoms with Crippen molar-refractivity contribution in [2.24, 2.45) is 5.92 Å². The number of hydrogen-bond donors (Lipinski definition) is 1. The molecule has 0 aliphatic carbocycles. The zero-order chi connectivity index (χ0) is 13.7. The number of nitrogens with zero attached hydrogens (tertiary/aromatic N) is 2. The highest BCUT2D eigenvalue weighted by Gasteiger charge is 2.26. The molecule has 0 aliphatic rings. The number of rotatable bonds is 6. The molecule has 2 aromatic rings. The van der Waals surface area contributed by atoms with Gasteiger partial charge in [0.25, 0.3) is 0 Å². The second kappa shape index (κ2) is 6.53. The van der Waals surface area contributed by atoms with E-state index in [1.165, 1.54) is 5.56 Å². The van der Waals surface area contributed by atoms with Gasteiger partial charge in [-0.25, -0.2) is 4.98 Å². The Bertz CT molecular complexity index is 462. The van der Waals surface area contributed by atoms with Crippen LogP contribution in [0.4, 0.5) is 0 Å². The minimum absolute atomic E-state index is 0.306. The summed E-state index contributed by atoms with van der Waals surface area (Å²) in [6.45, 7) is 7.63. The summed E-state index contributed by atoms with van der Waals surface area (Å²) in [6, 6.07) is 11.3. The van der Waals surface area contributed by atoms with E-state index in [1.54, 1.807) is 0 Å². The molecule has 2 unspecified atom stereocenters. The Morgan fingerprint density at radius 2 is 1.95 bits per heavy atom. The van der Waals surface area contributed by atoms with E-state index in [-0.39, 0.29) is 0 Å². The van der Waals surface area contributed by atoms with E-state index >= 15 is 0 Å². The summed E-state index contributed by atoms with van der Waals surface area (Å²) in [5.74, 6) is 0.526. The number of aromatic nitrogens is 2. The maximum Gasteiger partial charge on any atom is 0.0949 e. The molecule has 2 atom stereocenters. The number of hydrogen-bond acceptors (Lipinski definition) is 2. The molecule has 2 rings (SSSR count). The number of imidazole rings is 1. The van der Waals surface area contributed by atoms with E-state index in [9.17, 15) is 0 Å². The molecule has 0 aliphatic heterocycles. The van der Waals surface area contributed by atoms with Gasteiger partial charge >= 0.3 is 0 Å². The molecule has 0 saturated heterocycles. The topological polar surface area (TPSA) is 29.9 Å². The lowest BCUT2D eigenvalue weighted by Gasteiger charge is -2.32. The molecule has 0 fully saturated rings. The normalized spacial score (nSPS) is 14.5. The number of nitrogens with one attached hydrogen (secondary N) is 1. The Hall–Kier alpha value is -1.61. The van der Waals surface area contributed by atoms with Gasteiger partial charge in [0.1, 0.15) is 0 Å². The first-order valence-electron chi connectivity index (χ1n) is 6.99. The Balaban J connectivity index is 2.35. The Labute approximate surface area is 115 Å². The van der Waals surface area contributed by atoms with Crippen LogP contribution in [0, 0.1) is 5.92 Å². The Morgan fingerprint density at radius 3 is 2.47 bits per heavy atom. The highest BCUT2D eigenvalue weighted by molar-refractivity contribution is 5.20. The van der Waals surface area contributed by atoms with Crippen LogP contribution in [0.3, 0.4) is 0 Å². The molecule has 0 bridgehead atoms. The SMILES string of the molecule is CCNC(c1ccccc1)C(C(C)C)n1ccnc1. The van der Waals surface area contributed by atoms with E-state index < -0.39 is 0 Å². The van der Waals surface area contributed by atoms with E-state index in [0.29, 0.717) is 18.0 Å². The summed E-state index contributed by atoms with van der Waals surface area (Å²) in [4.78, 5) is 4.20. The molecule has 19 heavy (non-hydrogen) atoms. The van der Waals surface area contributed by atoms with Gasteiger partial charge in [-0.1, -0.05) is 51.1 Å². The van der Waals surface area contributed by atoms with Crippen LogP contribution in [0.2, 0.25) is 0 Å². The van der Waals surface area contributed by atoms with E-state index in [4.69, 9.17) is 0 Å². The minimum Gasteiger partial charge on any atom is -0.332 e. The van der Waals surface area contributed by atoms with Gasteiger partial charge in [-0.05, 0) is 18.0 Å². The van der Waals surface area contributed by atoms with Gasteiger partial charge in [0.2, 0.25) is 0 Å². The summed E-state index contributed by atoms with van der Waals surface area (Å²) in [5.41, 5.74) is 1.33. The Morgan fingerprint density at radius 1 is 1.21 bits per heavy atom. The summed E-state index contributed by atoms with van der Waals surface area (Å²) in [5, 5.41) is 3.62. The predicted molar refractivity (Wildman–Crippen MR) is 79.0 cm³/mol. The first-order valence-corrected chi connectivity index (χ1v) is 6.99. The summed E-state index contributed by atoms with van der Waals surface area (Å²) < 4.78 is 2.21. The van der Waals surface area contributed by atoms with Crippen molar-refractivity contribution in [2.75, 3.05) is 6.54 Å². The molecular formula is C16H23N3. The van der Waals surface area contributed by atoms with Gasteiger partial charge in [-0.2, -0.15) is 0 Å². The van der Waals surface area contributed by atoms with E-state index in [1.807, 2.05) is 12.5 Å². The van der Waals surface area contributed by atoms with Crippen LogP contribution in [0.15, 0.2) is 49.1 Å². The van der Waals surface area contributed by atoms with Crippen molar-refractivity contribution in [1.82, 2.24) is 14.9 Å². The molecule has 3 nitrogen and oxygen atoms in total. The standard InChI is InChI=1S/C16H23N3/c1-4-18-15(14-8-6-5-7-9-14)16(13(2)3)19-11-10-17-12-19/h5-13,15-16,18H,4H2,1-3H3. The minimum atomic E-state index is 0.306. The molecule has 1 N–H and O–H groups in total. The van der Waals surface area contributed by atoms with Gasteiger partial charge in [-0.3, -0.25) is 0 Å². The fourth-order valence-electron chi connectivity index (χ4n) is 2.66. The summed E-state index contributed by atoms with van der Waals surface area (Å²) in [7, 11) is 0. The molecule has 0 amide bonds. The van der Waals surface area contributed by atoms with Crippen LogP contribution in [0.25, 0.3) is 0 Å². The van der Waals surface area contributed by atoms with Gasteiger partial charge < -0.3 is 9.88 Å². The predicted octanol–water partition coefficient (Wildman–Crippen LogP) is 3.43. The first kappa shape index (κ1) is 13.8. The maximum atomic E-state index is 4.20. The zero-order valence-electron chi connectivity index (χ0n) is 12.0. The van der Waals surface area contributed by atoms with Gasteiger partial charge in [0.05, 0.1) is 18.4 Å². The van der Waals surface area contributed by atoms with Crippen LogP contribution in [0.5, 0.6) is 0 Å². The molecular weight excluding hydrogens is 234 g/mol. The lowest BCUT2D eigenvalue weighted by atomic mass is 9.91. The lowest BCUT2D eigenvalue weighted by Crippen LogP contribution is -2.32.